The topological polar surface area (TPSA) is 74.2 Å². The van der Waals surface area contributed by atoms with Crippen LogP contribution in [0.3, 0.4) is 0 Å². The average Bonchev–Trinajstić information content (AvgIpc) is 2.82. The first-order valence-corrected chi connectivity index (χ1v) is 12.4. The second-order valence-electron chi connectivity index (χ2n) is 7.17. The van der Waals surface area contributed by atoms with Crippen LogP contribution in [0.15, 0.2) is 70.2 Å². The first-order chi connectivity index (χ1) is 15.9. The summed E-state index contributed by atoms with van der Waals surface area (Å²) in [6, 6.07) is 18.7. The van der Waals surface area contributed by atoms with Crippen molar-refractivity contribution in [3.63, 3.8) is 0 Å². The number of amides is 1. The number of carbonyl (C=O) groups excluding carboxylic acids is 1. The highest BCUT2D eigenvalue weighted by molar-refractivity contribution is 14.1. The standard InChI is InChI=1S/C25H25BrIN3O3/c1-3-30(4-2)21-11-7-18(24(14-21)33-16-17-5-9-20(27)10-6-17)15-28-29-25(32)22-13-19(26)8-12-23(22)31/h5-15,31H,3-4,16H2,1-2H3,(H,29,32)/b28-15+. The Hall–Kier alpha value is -2.59. The van der Waals surface area contributed by atoms with Gasteiger partial charge in [-0.15, -0.1) is 0 Å². The average molecular weight is 622 g/mol. The van der Waals surface area contributed by atoms with Crippen LogP contribution >= 0.6 is 38.5 Å². The molecular weight excluding hydrogens is 597 g/mol. The third-order valence-corrected chi connectivity index (χ3v) is 6.22. The zero-order chi connectivity index (χ0) is 23.8. The van der Waals surface area contributed by atoms with Crippen molar-refractivity contribution in [3.8, 4) is 11.5 Å². The van der Waals surface area contributed by atoms with Crippen LogP contribution in [0, 0.1) is 3.57 Å². The van der Waals surface area contributed by atoms with Crippen molar-refractivity contribution < 1.29 is 14.6 Å². The van der Waals surface area contributed by atoms with E-state index in [1.807, 2.05) is 42.5 Å². The number of phenols is 1. The third-order valence-electron chi connectivity index (χ3n) is 5.01. The molecule has 0 unspecified atom stereocenters. The van der Waals surface area contributed by atoms with E-state index in [9.17, 15) is 9.90 Å². The van der Waals surface area contributed by atoms with Crippen LogP contribution < -0.4 is 15.1 Å². The fourth-order valence-corrected chi connectivity index (χ4v) is 3.91. The van der Waals surface area contributed by atoms with E-state index >= 15 is 0 Å². The van der Waals surface area contributed by atoms with Crippen LogP contribution in [-0.2, 0) is 6.61 Å². The van der Waals surface area contributed by atoms with E-state index in [-0.39, 0.29) is 11.3 Å². The first-order valence-electron chi connectivity index (χ1n) is 10.5. The molecule has 0 aliphatic rings. The van der Waals surface area contributed by atoms with Gasteiger partial charge in [0, 0.05) is 38.4 Å². The molecule has 0 spiro atoms. The van der Waals surface area contributed by atoms with Gasteiger partial charge in [0.25, 0.3) is 5.91 Å². The minimum atomic E-state index is -0.508. The number of halogens is 2. The molecule has 172 valence electrons. The van der Waals surface area contributed by atoms with Crippen molar-refractivity contribution in [1.29, 1.82) is 0 Å². The summed E-state index contributed by atoms with van der Waals surface area (Å²) in [7, 11) is 0. The normalized spacial score (nSPS) is 10.9. The molecule has 6 nitrogen and oxygen atoms in total. The highest BCUT2D eigenvalue weighted by Crippen LogP contribution is 2.26. The Morgan fingerprint density at radius 2 is 1.85 bits per heavy atom. The minimum absolute atomic E-state index is 0.115. The molecule has 2 N–H and O–H groups in total. The van der Waals surface area contributed by atoms with Gasteiger partial charge in [-0.1, -0.05) is 28.1 Å². The number of aromatic hydroxyl groups is 1. The van der Waals surface area contributed by atoms with Crippen molar-refractivity contribution in [2.45, 2.75) is 20.5 Å². The van der Waals surface area contributed by atoms with Gasteiger partial charge >= 0.3 is 0 Å². The summed E-state index contributed by atoms with van der Waals surface area (Å²) < 4.78 is 7.99. The van der Waals surface area contributed by atoms with Crippen LogP contribution in [0.25, 0.3) is 0 Å². The fourth-order valence-electron chi connectivity index (χ4n) is 3.19. The van der Waals surface area contributed by atoms with Crippen molar-refractivity contribution in [2.24, 2.45) is 5.10 Å². The number of benzene rings is 3. The second-order valence-corrected chi connectivity index (χ2v) is 9.33. The lowest BCUT2D eigenvalue weighted by Gasteiger charge is -2.22. The maximum atomic E-state index is 12.4. The van der Waals surface area contributed by atoms with Crippen LogP contribution in [0.1, 0.15) is 35.3 Å². The monoisotopic (exact) mass is 621 g/mol. The Morgan fingerprint density at radius 3 is 2.55 bits per heavy atom. The first kappa shape index (κ1) is 25.0. The lowest BCUT2D eigenvalue weighted by Crippen LogP contribution is -2.21. The summed E-state index contributed by atoms with van der Waals surface area (Å²) in [6.07, 6.45) is 1.54. The van der Waals surface area contributed by atoms with Gasteiger partial charge in [-0.3, -0.25) is 4.79 Å². The number of rotatable bonds is 9. The number of anilines is 1. The molecule has 33 heavy (non-hydrogen) atoms. The Labute approximate surface area is 215 Å². The van der Waals surface area contributed by atoms with Crippen molar-refractivity contribution in [3.05, 3.63) is 85.4 Å². The lowest BCUT2D eigenvalue weighted by atomic mass is 10.1. The SMILES string of the molecule is CCN(CC)c1ccc(/C=N/NC(=O)c2cc(Br)ccc2O)c(OCc2ccc(I)cc2)c1. The molecule has 0 aliphatic carbocycles. The fraction of sp³-hybridized carbons (Fsp3) is 0.200. The zero-order valence-corrected chi connectivity index (χ0v) is 22.1. The Bertz CT molecular complexity index is 1130. The molecule has 3 aromatic carbocycles. The molecule has 3 aromatic rings. The maximum absolute atomic E-state index is 12.4. The van der Waals surface area contributed by atoms with Gasteiger partial charge in [0.05, 0.1) is 11.8 Å². The number of nitrogens with zero attached hydrogens (tertiary/aromatic N) is 2. The quantitative estimate of drug-likeness (QED) is 0.176. The maximum Gasteiger partial charge on any atom is 0.275 e. The molecule has 0 aromatic heterocycles. The summed E-state index contributed by atoms with van der Waals surface area (Å²) in [5, 5.41) is 14.0. The molecule has 0 heterocycles. The Kier molecular flexibility index (Phi) is 9.13. The largest absolute Gasteiger partial charge is 0.507 e. The Balaban J connectivity index is 1.80. The molecule has 1 amide bonds. The van der Waals surface area contributed by atoms with Gasteiger partial charge in [-0.05, 0) is 84.5 Å². The van der Waals surface area contributed by atoms with E-state index in [4.69, 9.17) is 4.74 Å². The molecular formula is C25H25BrIN3O3. The van der Waals surface area contributed by atoms with E-state index in [2.05, 4.69) is 67.8 Å². The number of nitrogens with one attached hydrogen (secondary N) is 1. The van der Waals surface area contributed by atoms with Crippen molar-refractivity contribution in [1.82, 2.24) is 5.43 Å². The molecule has 0 aliphatic heterocycles. The molecule has 0 saturated carbocycles. The van der Waals surface area contributed by atoms with Gasteiger partial charge in [-0.2, -0.15) is 5.10 Å². The summed E-state index contributed by atoms with van der Waals surface area (Å²) in [6.45, 7) is 6.40. The van der Waals surface area contributed by atoms with Crippen LogP contribution in [0.4, 0.5) is 5.69 Å². The summed E-state index contributed by atoms with van der Waals surface area (Å²) in [4.78, 5) is 14.6. The van der Waals surface area contributed by atoms with Crippen molar-refractivity contribution >= 4 is 56.3 Å². The smallest absolute Gasteiger partial charge is 0.275 e. The number of phenolic OH excluding ortho intramolecular Hbond substituents is 1. The van der Waals surface area contributed by atoms with Gasteiger partial charge in [-0.25, -0.2) is 5.43 Å². The molecule has 0 saturated heterocycles. The number of hydrogen-bond donors (Lipinski definition) is 2. The Morgan fingerprint density at radius 1 is 1.12 bits per heavy atom. The van der Waals surface area contributed by atoms with E-state index < -0.39 is 5.91 Å². The molecule has 3 rings (SSSR count). The molecule has 0 atom stereocenters. The molecule has 0 bridgehead atoms. The number of carbonyl (C=O) groups is 1. The predicted molar refractivity (Wildman–Crippen MR) is 144 cm³/mol. The summed E-state index contributed by atoms with van der Waals surface area (Å²) in [5.41, 5.74) is 5.44. The minimum Gasteiger partial charge on any atom is -0.507 e. The van der Waals surface area contributed by atoms with Crippen LogP contribution in [0.2, 0.25) is 0 Å². The second kappa shape index (κ2) is 12.0. The number of ether oxygens (including phenoxy) is 1. The lowest BCUT2D eigenvalue weighted by molar-refractivity contribution is 0.0952. The highest BCUT2D eigenvalue weighted by Gasteiger charge is 2.12. The summed E-state index contributed by atoms with van der Waals surface area (Å²) >= 11 is 5.57. The number of hydrogen-bond acceptors (Lipinski definition) is 5. The third kappa shape index (κ3) is 6.94. The predicted octanol–water partition coefficient (Wildman–Crippen LogP) is 5.95. The van der Waals surface area contributed by atoms with Gasteiger partial charge in [0.15, 0.2) is 0 Å². The van der Waals surface area contributed by atoms with Crippen LogP contribution in [-0.4, -0.2) is 30.3 Å². The highest BCUT2D eigenvalue weighted by atomic mass is 127. The van der Waals surface area contributed by atoms with E-state index in [0.29, 0.717) is 16.8 Å². The van der Waals surface area contributed by atoms with E-state index in [1.54, 1.807) is 12.3 Å². The van der Waals surface area contributed by atoms with E-state index in [1.165, 1.54) is 15.7 Å². The zero-order valence-electron chi connectivity index (χ0n) is 18.4. The summed E-state index contributed by atoms with van der Waals surface area (Å²) in [5.74, 6) is 0.0449. The van der Waals surface area contributed by atoms with Crippen LogP contribution in [0.5, 0.6) is 11.5 Å². The molecule has 0 radical (unpaired) electrons. The van der Waals surface area contributed by atoms with Gasteiger partial charge in [0.1, 0.15) is 18.1 Å². The van der Waals surface area contributed by atoms with Gasteiger partial charge < -0.3 is 14.7 Å². The molecule has 0 fully saturated rings. The van der Waals surface area contributed by atoms with Gasteiger partial charge in [0.2, 0.25) is 0 Å². The number of hydrazone groups is 1. The molecule has 8 heteroatoms. The van der Waals surface area contributed by atoms with Crippen molar-refractivity contribution in [2.75, 3.05) is 18.0 Å². The van der Waals surface area contributed by atoms with E-state index in [0.717, 1.165) is 29.9 Å².